The van der Waals surface area contributed by atoms with Crippen molar-refractivity contribution < 1.29 is 53.1 Å². The molecule has 1 aromatic carbocycles. The fourth-order valence-electron chi connectivity index (χ4n) is 3.82. The fraction of sp³-hybridized carbons (Fsp3) is 0.500. The lowest BCUT2D eigenvalue weighted by Gasteiger charge is -2.45. The second-order valence-corrected chi connectivity index (χ2v) is 7.44. The van der Waals surface area contributed by atoms with Crippen LogP contribution in [0.4, 0.5) is 10.1 Å². The number of carboxylic acids is 3. The SMILES string of the molecule is CC(=O)OC[C@@H]1O[C@@H](Oc2ccc(N)cc2F)[C@H](CC(=O)O)[C@@H](CC(=O)O)[C@H]1CC(=O)O. The Hall–Kier alpha value is -3.41. The van der Waals surface area contributed by atoms with Gasteiger partial charge in [0, 0.05) is 36.9 Å². The second-order valence-electron chi connectivity index (χ2n) is 7.44. The number of carboxylic acid groups (broad SMARTS) is 3. The number of nitrogens with two attached hydrogens (primary N) is 1. The summed E-state index contributed by atoms with van der Waals surface area (Å²) in [6.07, 6.45) is -4.39. The third-order valence-electron chi connectivity index (χ3n) is 5.12. The van der Waals surface area contributed by atoms with Crippen molar-refractivity contribution in [2.75, 3.05) is 12.3 Å². The molecule has 5 N–H and O–H groups in total. The number of halogens is 1. The van der Waals surface area contributed by atoms with Gasteiger partial charge in [-0.3, -0.25) is 19.2 Å². The molecule has 1 fully saturated rings. The van der Waals surface area contributed by atoms with E-state index in [0.717, 1.165) is 13.0 Å². The lowest BCUT2D eigenvalue weighted by molar-refractivity contribution is -0.237. The lowest BCUT2D eigenvalue weighted by atomic mass is 9.71. The van der Waals surface area contributed by atoms with Gasteiger partial charge in [0.1, 0.15) is 6.61 Å². The van der Waals surface area contributed by atoms with E-state index in [1.54, 1.807) is 0 Å². The number of benzene rings is 1. The van der Waals surface area contributed by atoms with Crippen LogP contribution in [0.5, 0.6) is 5.75 Å². The molecule has 0 spiro atoms. The maximum Gasteiger partial charge on any atom is 0.303 e. The zero-order valence-corrected chi connectivity index (χ0v) is 17.1. The minimum atomic E-state index is -1.46. The summed E-state index contributed by atoms with van der Waals surface area (Å²) >= 11 is 0. The molecular formula is C20H24FNO10. The number of rotatable bonds is 10. The van der Waals surface area contributed by atoms with E-state index in [-0.39, 0.29) is 11.4 Å². The van der Waals surface area contributed by atoms with E-state index in [9.17, 15) is 38.9 Å². The van der Waals surface area contributed by atoms with E-state index in [0.29, 0.717) is 0 Å². The maximum atomic E-state index is 14.3. The average Bonchev–Trinajstić information content (AvgIpc) is 2.65. The molecule has 176 valence electrons. The van der Waals surface area contributed by atoms with Crippen molar-refractivity contribution in [1.29, 1.82) is 0 Å². The lowest BCUT2D eigenvalue weighted by Crippen LogP contribution is -2.53. The Bertz CT molecular complexity index is 876. The number of hydrogen-bond donors (Lipinski definition) is 4. The Kier molecular flexibility index (Phi) is 8.35. The molecule has 12 heteroatoms. The van der Waals surface area contributed by atoms with Crippen molar-refractivity contribution in [1.82, 2.24) is 0 Å². The van der Waals surface area contributed by atoms with Crippen molar-refractivity contribution in [3.8, 4) is 5.75 Å². The van der Waals surface area contributed by atoms with Crippen LogP contribution in [0, 0.1) is 23.6 Å². The van der Waals surface area contributed by atoms with Gasteiger partial charge in [-0.25, -0.2) is 4.39 Å². The first-order chi connectivity index (χ1) is 15.0. The first-order valence-corrected chi connectivity index (χ1v) is 9.63. The fourth-order valence-corrected chi connectivity index (χ4v) is 3.82. The molecule has 32 heavy (non-hydrogen) atoms. The minimum absolute atomic E-state index is 0.111. The number of anilines is 1. The van der Waals surface area contributed by atoms with Gasteiger partial charge in [0.15, 0.2) is 11.6 Å². The summed E-state index contributed by atoms with van der Waals surface area (Å²) < 4.78 is 30.5. The van der Waals surface area contributed by atoms with Gasteiger partial charge < -0.3 is 35.3 Å². The molecule has 0 bridgehead atoms. The number of aliphatic carboxylic acids is 3. The number of nitrogen functional groups attached to an aromatic ring is 1. The summed E-state index contributed by atoms with van der Waals surface area (Å²) in [6, 6.07) is 3.51. The molecule has 0 aromatic heterocycles. The highest BCUT2D eigenvalue weighted by atomic mass is 19.1. The van der Waals surface area contributed by atoms with Crippen LogP contribution in [0.2, 0.25) is 0 Å². The Morgan fingerprint density at radius 2 is 1.56 bits per heavy atom. The van der Waals surface area contributed by atoms with Gasteiger partial charge in [0.2, 0.25) is 6.29 Å². The number of ether oxygens (including phenoxy) is 3. The summed E-state index contributed by atoms with van der Waals surface area (Å²) in [7, 11) is 0. The van der Waals surface area contributed by atoms with Gasteiger partial charge in [-0.1, -0.05) is 0 Å². The Balaban J connectivity index is 2.47. The van der Waals surface area contributed by atoms with Crippen molar-refractivity contribution in [2.24, 2.45) is 17.8 Å². The van der Waals surface area contributed by atoms with E-state index in [1.807, 2.05) is 0 Å². The molecule has 0 aliphatic carbocycles. The predicted octanol–water partition coefficient (Wildman–Crippen LogP) is 1.35. The van der Waals surface area contributed by atoms with Gasteiger partial charge in [-0.05, 0) is 18.1 Å². The average molecular weight is 457 g/mol. The van der Waals surface area contributed by atoms with Crippen LogP contribution in [-0.4, -0.2) is 58.2 Å². The standard InChI is InChI=1S/C20H24FNO10/c1-9(23)30-8-16-12(6-18(26)27)11(5-17(24)25)13(7-19(28)29)20(32-16)31-15-3-2-10(22)4-14(15)21/h2-4,11-13,16,20H,5-8,22H2,1H3,(H,24,25)(H,26,27)(H,28,29)/t11-,12+,13+,16-,20+/m0/s1. The number of carbonyl (C=O) groups is 4. The summed E-state index contributed by atoms with van der Waals surface area (Å²) in [5, 5.41) is 28.1. The van der Waals surface area contributed by atoms with E-state index in [2.05, 4.69) is 0 Å². The minimum Gasteiger partial charge on any atom is -0.481 e. The van der Waals surface area contributed by atoms with Gasteiger partial charge in [-0.15, -0.1) is 0 Å². The third-order valence-corrected chi connectivity index (χ3v) is 5.12. The summed E-state index contributed by atoms with van der Waals surface area (Å²) in [5.41, 5.74) is 5.62. The van der Waals surface area contributed by atoms with Crippen molar-refractivity contribution in [3.05, 3.63) is 24.0 Å². The third kappa shape index (κ3) is 6.80. The molecule has 0 saturated carbocycles. The van der Waals surface area contributed by atoms with Crippen LogP contribution >= 0.6 is 0 Å². The van der Waals surface area contributed by atoms with Crippen LogP contribution < -0.4 is 10.5 Å². The number of carbonyl (C=O) groups excluding carboxylic acids is 1. The molecule has 0 radical (unpaired) electrons. The summed E-state index contributed by atoms with van der Waals surface area (Å²) in [5.74, 6) is -8.96. The molecule has 1 aliphatic rings. The van der Waals surface area contributed by atoms with E-state index >= 15 is 0 Å². The van der Waals surface area contributed by atoms with Crippen LogP contribution in [0.3, 0.4) is 0 Å². The van der Waals surface area contributed by atoms with Crippen molar-refractivity contribution >= 4 is 29.6 Å². The molecule has 1 aromatic rings. The number of hydrogen-bond acceptors (Lipinski definition) is 8. The molecule has 1 saturated heterocycles. The highest BCUT2D eigenvalue weighted by molar-refractivity contribution is 5.70. The molecule has 1 aliphatic heterocycles. The highest BCUT2D eigenvalue weighted by Gasteiger charge is 2.49. The Morgan fingerprint density at radius 3 is 2.09 bits per heavy atom. The Morgan fingerprint density at radius 1 is 1.00 bits per heavy atom. The quantitative estimate of drug-likeness (QED) is 0.294. The molecule has 0 unspecified atom stereocenters. The van der Waals surface area contributed by atoms with Gasteiger partial charge >= 0.3 is 23.9 Å². The molecule has 1 heterocycles. The van der Waals surface area contributed by atoms with Crippen molar-refractivity contribution in [3.63, 3.8) is 0 Å². The monoisotopic (exact) mass is 457 g/mol. The number of esters is 1. The first kappa shape index (κ1) is 24.9. The summed E-state index contributed by atoms with van der Waals surface area (Å²) in [6.45, 7) is 0.696. The molecule has 5 atom stereocenters. The zero-order valence-electron chi connectivity index (χ0n) is 17.1. The first-order valence-electron chi connectivity index (χ1n) is 9.63. The van der Waals surface area contributed by atoms with Gasteiger partial charge in [0.25, 0.3) is 0 Å². The van der Waals surface area contributed by atoms with Gasteiger partial charge in [-0.2, -0.15) is 0 Å². The molecule has 2 rings (SSSR count). The highest BCUT2D eigenvalue weighted by Crippen LogP contribution is 2.42. The smallest absolute Gasteiger partial charge is 0.303 e. The van der Waals surface area contributed by atoms with Crippen molar-refractivity contribution in [2.45, 2.75) is 38.6 Å². The normalized spacial score (nSPS) is 25.0. The van der Waals surface area contributed by atoms with Crippen LogP contribution in [0.15, 0.2) is 18.2 Å². The zero-order chi connectivity index (χ0) is 24.0. The molecule has 0 amide bonds. The summed E-state index contributed by atoms with van der Waals surface area (Å²) in [4.78, 5) is 45.7. The van der Waals surface area contributed by atoms with Gasteiger partial charge in [0.05, 0.1) is 18.9 Å². The van der Waals surface area contributed by atoms with E-state index in [4.69, 9.17) is 19.9 Å². The van der Waals surface area contributed by atoms with E-state index in [1.165, 1.54) is 12.1 Å². The molecule has 11 nitrogen and oxygen atoms in total. The largest absolute Gasteiger partial charge is 0.481 e. The van der Waals surface area contributed by atoms with Crippen LogP contribution in [0.1, 0.15) is 26.2 Å². The van der Waals surface area contributed by atoms with Crippen LogP contribution in [-0.2, 0) is 28.7 Å². The topological polar surface area (TPSA) is 183 Å². The van der Waals surface area contributed by atoms with E-state index < -0.39 is 85.7 Å². The molecular weight excluding hydrogens is 433 g/mol. The maximum absolute atomic E-state index is 14.3. The second kappa shape index (κ2) is 10.8. The Labute approximate surface area is 181 Å². The van der Waals surface area contributed by atoms with Crippen LogP contribution in [0.25, 0.3) is 0 Å². The predicted molar refractivity (Wildman–Crippen MR) is 104 cm³/mol.